The van der Waals surface area contributed by atoms with Crippen LogP contribution in [0, 0.1) is 0 Å². The second kappa shape index (κ2) is 5.23. The fraction of sp³-hybridized carbons (Fsp3) is 0.143. The molecule has 0 aliphatic heterocycles. The van der Waals surface area contributed by atoms with Crippen molar-refractivity contribution in [3.8, 4) is 0 Å². The summed E-state index contributed by atoms with van der Waals surface area (Å²) in [6.07, 6.45) is 4.79. The van der Waals surface area contributed by atoms with Gasteiger partial charge in [0.2, 0.25) is 0 Å². The molecule has 0 radical (unpaired) electrons. The van der Waals surface area contributed by atoms with E-state index in [1.807, 2.05) is 30.4 Å². The van der Waals surface area contributed by atoms with Gasteiger partial charge in [-0.1, -0.05) is 62.6 Å². The lowest BCUT2D eigenvalue weighted by atomic mass is 9.98. The van der Waals surface area contributed by atoms with Crippen LogP contribution in [0.4, 0.5) is 0 Å². The molecule has 1 aromatic carbocycles. The third-order valence-electron chi connectivity index (χ3n) is 2.26. The van der Waals surface area contributed by atoms with E-state index in [9.17, 15) is 0 Å². The van der Waals surface area contributed by atoms with Gasteiger partial charge < -0.3 is 0 Å². The highest BCUT2D eigenvalue weighted by Crippen LogP contribution is 2.22. The highest BCUT2D eigenvalue weighted by atomic mass is 14.0. The average molecular weight is 184 g/mol. The normalized spacial score (nSPS) is 11.8. The van der Waals surface area contributed by atoms with Gasteiger partial charge in [0.1, 0.15) is 0 Å². The van der Waals surface area contributed by atoms with E-state index in [4.69, 9.17) is 0 Å². The molecule has 0 unspecified atom stereocenters. The van der Waals surface area contributed by atoms with Crippen molar-refractivity contribution >= 4 is 5.57 Å². The predicted octanol–water partition coefficient (Wildman–Crippen LogP) is 4.22. The Morgan fingerprint density at radius 3 is 2.21 bits per heavy atom. The summed E-state index contributed by atoms with van der Waals surface area (Å²) in [6.45, 7) is 9.80. The first-order valence-corrected chi connectivity index (χ1v) is 4.87. The number of rotatable bonds is 4. The predicted molar refractivity (Wildman–Crippen MR) is 64.0 cm³/mol. The van der Waals surface area contributed by atoms with Crippen LogP contribution in [0.3, 0.4) is 0 Å². The van der Waals surface area contributed by atoms with E-state index in [-0.39, 0.29) is 0 Å². The molecule has 0 N–H and O–H groups in total. The lowest BCUT2D eigenvalue weighted by Gasteiger charge is -2.07. The zero-order chi connectivity index (χ0) is 10.4. The van der Waals surface area contributed by atoms with Gasteiger partial charge in [-0.3, -0.25) is 0 Å². The summed E-state index contributed by atoms with van der Waals surface area (Å²) in [5, 5.41) is 0. The molecule has 0 aromatic heterocycles. The largest absolute Gasteiger partial charge is 0.0988 e. The van der Waals surface area contributed by atoms with E-state index in [1.165, 1.54) is 16.7 Å². The third-order valence-corrected chi connectivity index (χ3v) is 2.26. The van der Waals surface area contributed by atoms with Crippen LogP contribution in [0.5, 0.6) is 0 Å². The van der Waals surface area contributed by atoms with Crippen LogP contribution >= 0.6 is 0 Å². The van der Waals surface area contributed by atoms with Crippen molar-refractivity contribution in [2.75, 3.05) is 0 Å². The summed E-state index contributed by atoms with van der Waals surface area (Å²) < 4.78 is 0. The fourth-order valence-electron chi connectivity index (χ4n) is 1.50. The molecule has 14 heavy (non-hydrogen) atoms. The van der Waals surface area contributed by atoms with Gasteiger partial charge in [-0.05, 0) is 23.1 Å². The van der Waals surface area contributed by atoms with Crippen molar-refractivity contribution in [3.05, 3.63) is 66.8 Å². The summed E-state index contributed by atoms with van der Waals surface area (Å²) in [7, 11) is 0. The molecule has 0 aliphatic rings. The van der Waals surface area contributed by atoms with E-state index in [2.05, 4.69) is 32.2 Å². The fourth-order valence-corrected chi connectivity index (χ4v) is 1.50. The topological polar surface area (TPSA) is 0 Å². The minimum absolute atomic E-state index is 0.986. The highest BCUT2D eigenvalue weighted by molar-refractivity contribution is 5.77. The Bertz CT molecular complexity index is 342. The Morgan fingerprint density at radius 1 is 1.14 bits per heavy atom. The van der Waals surface area contributed by atoms with Crippen LogP contribution in [-0.4, -0.2) is 0 Å². The van der Waals surface area contributed by atoms with Gasteiger partial charge in [0.15, 0.2) is 0 Å². The van der Waals surface area contributed by atoms with Crippen LogP contribution < -0.4 is 0 Å². The molecule has 0 saturated heterocycles. The van der Waals surface area contributed by atoms with Gasteiger partial charge in [-0.25, -0.2) is 0 Å². The van der Waals surface area contributed by atoms with E-state index in [1.54, 1.807) is 0 Å². The lowest BCUT2D eigenvalue weighted by molar-refractivity contribution is 1.16. The Kier molecular flexibility index (Phi) is 3.93. The first kappa shape index (κ1) is 10.5. The monoisotopic (exact) mass is 184 g/mol. The van der Waals surface area contributed by atoms with E-state index in [0.29, 0.717) is 0 Å². The number of hydrogen-bond acceptors (Lipinski definition) is 0. The lowest BCUT2D eigenvalue weighted by Crippen LogP contribution is -1.85. The molecule has 0 atom stereocenters. The van der Waals surface area contributed by atoms with Crippen LogP contribution in [-0.2, 0) is 0 Å². The minimum Gasteiger partial charge on any atom is -0.0988 e. The second-order valence-electron chi connectivity index (χ2n) is 3.07. The van der Waals surface area contributed by atoms with Gasteiger partial charge >= 0.3 is 0 Å². The molecule has 0 nitrogen and oxygen atoms in total. The number of benzene rings is 1. The van der Waals surface area contributed by atoms with Crippen molar-refractivity contribution in [2.24, 2.45) is 0 Å². The SMILES string of the molecule is C=C/C(CC)=C(\C=C)c1ccccc1. The first-order chi connectivity index (χ1) is 6.83. The molecule has 0 saturated carbocycles. The standard InChI is InChI=1S/C14H16/c1-4-12(5-2)14(6-3)13-10-8-7-9-11-13/h4,6-11H,1,3,5H2,2H3/b14-12-. The van der Waals surface area contributed by atoms with Crippen molar-refractivity contribution in [1.82, 2.24) is 0 Å². The molecule has 72 valence electrons. The van der Waals surface area contributed by atoms with Crippen molar-refractivity contribution < 1.29 is 0 Å². The minimum atomic E-state index is 0.986. The molecule has 0 fully saturated rings. The molecule has 0 heteroatoms. The van der Waals surface area contributed by atoms with Gasteiger partial charge in [-0.2, -0.15) is 0 Å². The summed E-state index contributed by atoms with van der Waals surface area (Å²) in [5.74, 6) is 0. The molecule has 0 bridgehead atoms. The third kappa shape index (κ3) is 2.23. The van der Waals surface area contributed by atoms with Crippen LogP contribution in [0.25, 0.3) is 5.57 Å². The van der Waals surface area contributed by atoms with Gasteiger partial charge in [0.25, 0.3) is 0 Å². The maximum absolute atomic E-state index is 3.85. The van der Waals surface area contributed by atoms with Gasteiger partial charge in [0.05, 0.1) is 0 Å². The zero-order valence-electron chi connectivity index (χ0n) is 8.66. The molecular weight excluding hydrogens is 168 g/mol. The Hall–Kier alpha value is -1.56. The summed E-state index contributed by atoms with van der Waals surface area (Å²) >= 11 is 0. The van der Waals surface area contributed by atoms with Crippen LogP contribution in [0.15, 0.2) is 61.2 Å². The maximum Gasteiger partial charge on any atom is -0.0158 e. The molecule has 0 amide bonds. The maximum atomic E-state index is 3.85. The van der Waals surface area contributed by atoms with E-state index >= 15 is 0 Å². The van der Waals surface area contributed by atoms with Crippen LogP contribution in [0.1, 0.15) is 18.9 Å². The highest BCUT2D eigenvalue weighted by Gasteiger charge is 2.00. The molecule has 0 heterocycles. The molecule has 0 spiro atoms. The summed E-state index contributed by atoms with van der Waals surface area (Å²) in [6, 6.07) is 10.3. The first-order valence-electron chi connectivity index (χ1n) is 4.87. The number of allylic oxidation sites excluding steroid dienone is 4. The Labute approximate surface area is 86.3 Å². The van der Waals surface area contributed by atoms with E-state index < -0.39 is 0 Å². The summed E-state index contributed by atoms with van der Waals surface area (Å²) in [5.41, 5.74) is 3.63. The Morgan fingerprint density at radius 2 is 1.79 bits per heavy atom. The molecule has 1 aromatic rings. The zero-order valence-corrected chi connectivity index (χ0v) is 8.66. The van der Waals surface area contributed by atoms with E-state index in [0.717, 1.165) is 6.42 Å². The van der Waals surface area contributed by atoms with Crippen LogP contribution in [0.2, 0.25) is 0 Å². The Balaban J connectivity index is 3.22. The number of hydrogen-bond donors (Lipinski definition) is 0. The average Bonchev–Trinajstić information content (AvgIpc) is 2.27. The smallest absolute Gasteiger partial charge is 0.0158 e. The second-order valence-corrected chi connectivity index (χ2v) is 3.07. The van der Waals surface area contributed by atoms with Crippen molar-refractivity contribution in [2.45, 2.75) is 13.3 Å². The molecule has 1 rings (SSSR count). The van der Waals surface area contributed by atoms with Gasteiger partial charge in [0, 0.05) is 0 Å². The quantitative estimate of drug-likeness (QED) is 0.614. The summed E-state index contributed by atoms with van der Waals surface area (Å²) in [4.78, 5) is 0. The van der Waals surface area contributed by atoms with Crippen molar-refractivity contribution in [1.29, 1.82) is 0 Å². The molecular formula is C14H16. The van der Waals surface area contributed by atoms with Gasteiger partial charge in [-0.15, -0.1) is 0 Å². The molecule has 0 aliphatic carbocycles. The van der Waals surface area contributed by atoms with Crippen molar-refractivity contribution in [3.63, 3.8) is 0 Å².